The van der Waals surface area contributed by atoms with Crippen molar-refractivity contribution in [3.8, 4) is 0 Å². The third-order valence-corrected chi connectivity index (χ3v) is 4.83. The molecule has 1 saturated carbocycles. The fraction of sp³-hybridized carbons (Fsp3) is 0.588. The van der Waals surface area contributed by atoms with Crippen LogP contribution in [0.2, 0.25) is 0 Å². The van der Waals surface area contributed by atoms with Gasteiger partial charge in [0.15, 0.2) is 0 Å². The molecule has 1 aromatic rings. The Bertz CT molecular complexity index is 484. The molecule has 1 aromatic carbocycles. The van der Waals surface area contributed by atoms with Gasteiger partial charge in [0.05, 0.1) is 6.10 Å². The van der Waals surface area contributed by atoms with Gasteiger partial charge in [-0.05, 0) is 49.3 Å². The normalized spacial score (nSPS) is 21.8. The van der Waals surface area contributed by atoms with Gasteiger partial charge in [0.25, 0.3) is 0 Å². The smallest absolute Gasteiger partial charge is 0.222 e. The first kappa shape index (κ1) is 15.0. The van der Waals surface area contributed by atoms with Crippen LogP contribution in [0.25, 0.3) is 0 Å². The van der Waals surface area contributed by atoms with Crippen LogP contribution in [0.5, 0.6) is 0 Å². The lowest BCUT2D eigenvalue weighted by molar-refractivity contribution is -0.130. The van der Waals surface area contributed by atoms with E-state index in [1.54, 1.807) is 0 Å². The Morgan fingerprint density at radius 1 is 1.24 bits per heavy atom. The number of amides is 1. The summed E-state index contributed by atoms with van der Waals surface area (Å²) in [4.78, 5) is 14.2. The maximum absolute atomic E-state index is 12.2. The molecule has 0 aromatic heterocycles. The molecule has 0 N–H and O–H groups in total. The summed E-state index contributed by atoms with van der Waals surface area (Å²) in [5.74, 6) is 1.06. The molecule has 2 aliphatic rings. The van der Waals surface area contributed by atoms with E-state index < -0.39 is 0 Å². The van der Waals surface area contributed by atoms with E-state index in [0.29, 0.717) is 6.42 Å². The minimum atomic E-state index is 0.260. The highest BCUT2D eigenvalue weighted by molar-refractivity contribution is 9.10. The molecule has 1 unspecified atom stereocenters. The van der Waals surface area contributed by atoms with Crippen molar-refractivity contribution in [2.24, 2.45) is 5.92 Å². The number of likely N-dealkylation sites (tertiary alicyclic amines) is 1. The fourth-order valence-corrected chi connectivity index (χ4v) is 2.97. The Morgan fingerprint density at radius 3 is 2.71 bits per heavy atom. The second-order valence-electron chi connectivity index (χ2n) is 6.15. The first-order valence-electron chi connectivity index (χ1n) is 7.84. The first-order valence-corrected chi connectivity index (χ1v) is 8.64. The molecule has 3 nitrogen and oxygen atoms in total. The zero-order valence-electron chi connectivity index (χ0n) is 12.3. The van der Waals surface area contributed by atoms with Gasteiger partial charge in [-0.25, -0.2) is 0 Å². The summed E-state index contributed by atoms with van der Waals surface area (Å²) in [6, 6.07) is 8.20. The van der Waals surface area contributed by atoms with E-state index in [4.69, 9.17) is 4.74 Å². The Kier molecular flexibility index (Phi) is 4.96. The molecule has 114 valence electrons. The van der Waals surface area contributed by atoms with E-state index in [-0.39, 0.29) is 12.0 Å². The molecule has 0 radical (unpaired) electrons. The van der Waals surface area contributed by atoms with Crippen LogP contribution in [0.4, 0.5) is 0 Å². The second kappa shape index (κ2) is 6.93. The molecule has 0 spiro atoms. The first-order chi connectivity index (χ1) is 10.2. The van der Waals surface area contributed by atoms with E-state index in [2.05, 4.69) is 28.1 Å². The minimum Gasteiger partial charge on any atom is -0.376 e. The van der Waals surface area contributed by atoms with Crippen molar-refractivity contribution in [1.29, 1.82) is 0 Å². The van der Waals surface area contributed by atoms with Gasteiger partial charge in [0, 0.05) is 30.6 Å². The standard InChI is InChI=1S/C17H22BrNO2/c18-15-6-3-13(4-7-15)5-8-17(20)19-10-9-16(11-19)21-12-14-1-2-14/h3-4,6-7,14,16H,1-2,5,8-12H2. The number of halogens is 1. The van der Waals surface area contributed by atoms with Gasteiger partial charge in [0.2, 0.25) is 5.91 Å². The molecule has 21 heavy (non-hydrogen) atoms. The highest BCUT2D eigenvalue weighted by atomic mass is 79.9. The van der Waals surface area contributed by atoms with Crippen LogP contribution in [0, 0.1) is 5.92 Å². The summed E-state index contributed by atoms with van der Waals surface area (Å²) < 4.78 is 6.96. The molecule has 1 atom stereocenters. The quantitative estimate of drug-likeness (QED) is 0.785. The Labute approximate surface area is 134 Å². The highest BCUT2D eigenvalue weighted by Crippen LogP contribution is 2.30. The van der Waals surface area contributed by atoms with Crippen LogP contribution in [-0.2, 0) is 16.0 Å². The molecular weight excluding hydrogens is 330 g/mol. The number of nitrogens with zero attached hydrogens (tertiary/aromatic N) is 1. The van der Waals surface area contributed by atoms with Gasteiger partial charge in [-0.2, -0.15) is 0 Å². The summed E-state index contributed by atoms with van der Waals surface area (Å²) in [7, 11) is 0. The average Bonchev–Trinajstić information content (AvgIpc) is 3.20. The van der Waals surface area contributed by atoms with Crippen LogP contribution in [0.15, 0.2) is 28.7 Å². The molecule has 2 fully saturated rings. The zero-order chi connectivity index (χ0) is 14.7. The van der Waals surface area contributed by atoms with Crippen LogP contribution in [0.1, 0.15) is 31.2 Å². The van der Waals surface area contributed by atoms with E-state index in [9.17, 15) is 4.79 Å². The molecule has 3 rings (SSSR count). The van der Waals surface area contributed by atoms with E-state index in [1.165, 1.54) is 18.4 Å². The van der Waals surface area contributed by atoms with Crippen molar-refractivity contribution in [3.63, 3.8) is 0 Å². The molecule has 1 aliphatic carbocycles. The summed E-state index contributed by atoms with van der Waals surface area (Å²) in [5.41, 5.74) is 1.22. The predicted octanol–water partition coefficient (Wildman–Crippen LogP) is 3.41. The number of hydrogen-bond donors (Lipinski definition) is 0. The minimum absolute atomic E-state index is 0.260. The lowest BCUT2D eigenvalue weighted by Gasteiger charge is -2.16. The lowest BCUT2D eigenvalue weighted by Crippen LogP contribution is -2.30. The topological polar surface area (TPSA) is 29.5 Å². The fourth-order valence-electron chi connectivity index (χ4n) is 2.71. The van der Waals surface area contributed by atoms with Gasteiger partial charge in [-0.3, -0.25) is 4.79 Å². The van der Waals surface area contributed by atoms with Crippen LogP contribution < -0.4 is 0 Å². The number of carbonyl (C=O) groups is 1. The summed E-state index contributed by atoms with van der Waals surface area (Å²) in [6.07, 6.45) is 5.32. The molecule has 1 aliphatic heterocycles. The number of rotatable bonds is 6. The van der Waals surface area contributed by atoms with Gasteiger partial charge < -0.3 is 9.64 Å². The maximum Gasteiger partial charge on any atom is 0.222 e. The SMILES string of the molecule is O=C(CCc1ccc(Br)cc1)N1CCC(OCC2CC2)C1. The number of hydrogen-bond acceptors (Lipinski definition) is 2. The molecule has 1 saturated heterocycles. The van der Waals surface area contributed by atoms with Gasteiger partial charge in [0.1, 0.15) is 0 Å². The molecular formula is C17H22BrNO2. The van der Waals surface area contributed by atoms with Crippen LogP contribution in [-0.4, -0.2) is 36.6 Å². The summed E-state index contributed by atoms with van der Waals surface area (Å²) in [6.45, 7) is 2.53. The van der Waals surface area contributed by atoms with Crippen molar-refractivity contribution in [3.05, 3.63) is 34.3 Å². The zero-order valence-corrected chi connectivity index (χ0v) is 13.8. The number of aryl methyl sites for hydroxylation is 1. The van der Waals surface area contributed by atoms with Crippen molar-refractivity contribution >= 4 is 21.8 Å². The average molecular weight is 352 g/mol. The molecule has 4 heteroatoms. The van der Waals surface area contributed by atoms with Gasteiger partial charge >= 0.3 is 0 Å². The molecule has 1 heterocycles. The number of ether oxygens (including phenoxy) is 1. The third-order valence-electron chi connectivity index (χ3n) is 4.30. The van der Waals surface area contributed by atoms with Crippen molar-refractivity contribution in [2.75, 3.05) is 19.7 Å². The van der Waals surface area contributed by atoms with Crippen LogP contribution in [0.3, 0.4) is 0 Å². The van der Waals surface area contributed by atoms with Gasteiger partial charge in [-0.15, -0.1) is 0 Å². The second-order valence-corrected chi connectivity index (χ2v) is 7.07. The largest absolute Gasteiger partial charge is 0.376 e. The van der Waals surface area contributed by atoms with Crippen molar-refractivity contribution in [2.45, 2.75) is 38.2 Å². The van der Waals surface area contributed by atoms with E-state index >= 15 is 0 Å². The number of benzene rings is 1. The molecule has 1 amide bonds. The van der Waals surface area contributed by atoms with Crippen LogP contribution >= 0.6 is 15.9 Å². The predicted molar refractivity (Wildman–Crippen MR) is 86.1 cm³/mol. The Hall–Kier alpha value is -0.870. The Morgan fingerprint density at radius 2 is 2.00 bits per heavy atom. The number of carbonyl (C=O) groups excluding carboxylic acids is 1. The van der Waals surface area contributed by atoms with Crippen molar-refractivity contribution < 1.29 is 9.53 Å². The molecule has 0 bridgehead atoms. The monoisotopic (exact) mass is 351 g/mol. The van der Waals surface area contributed by atoms with E-state index in [0.717, 1.165) is 42.9 Å². The van der Waals surface area contributed by atoms with Gasteiger partial charge in [-0.1, -0.05) is 28.1 Å². The lowest BCUT2D eigenvalue weighted by atomic mass is 10.1. The highest BCUT2D eigenvalue weighted by Gasteiger charge is 2.29. The summed E-state index contributed by atoms with van der Waals surface area (Å²) >= 11 is 3.43. The third kappa shape index (κ3) is 4.55. The maximum atomic E-state index is 12.2. The summed E-state index contributed by atoms with van der Waals surface area (Å²) in [5, 5.41) is 0. The van der Waals surface area contributed by atoms with E-state index in [1.807, 2.05) is 17.0 Å². The Balaban J connectivity index is 1.39. The van der Waals surface area contributed by atoms with Crippen molar-refractivity contribution in [1.82, 2.24) is 4.90 Å².